The minimum absolute atomic E-state index is 0.217. The van der Waals surface area contributed by atoms with Crippen molar-refractivity contribution in [3.63, 3.8) is 0 Å². The molecule has 2 aromatic rings. The van der Waals surface area contributed by atoms with E-state index in [1.807, 2.05) is 13.0 Å². The van der Waals surface area contributed by atoms with Gasteiger partial charge in [0.05, 0.1) is 11.8 Å². The molecule has 0 aliphatic heterocycles. The molecule has 2 N–H and O–H groups in total. The summed E-state index contributed by atoms with van der Waals surface area (Å²) in [5, 5.41) is 16.5. The van der Waals surface area contributed by atoms with Gasteiger partial charge < -0.3 is 10.4 Å². The van der Waals surface area contributed by atoms with Gasteiger partial charge in [-0.15, -0.1) is 0 Å². The van der Waals surface area contributed by atoms with Crippen LogP contribution in [-0.2, 0) is 7.05 Å². The first-order valence-corrected chi connectivity index (χ1v) is 6.07. The topological polar surface area (TPSA) is 67.2 Å². The standard InChI is InChI=1S/C14H17N3O2/c1-9-7-13(17(3)16-9)14(19)15-12-6-4-5-11(8-12)10(2)18/h4-8,10,18H,1-3H3,(H,15,19). The van der Waals surface area contributed by atoms with Crippen molar-refractivity contribution in [2.45, 2.75) is 20.0 Å². The fourth-order valence-corrected chi connectivity index (χ4v) is 1.89. The average Bonchev–Trinajstić information content (AvgIpc) is 2.69. The number of nitrogens with one attached hydrogen (secondary N) is 1. The zero-order chi connectivity index (χ0) is 14.0. The van der Waals surface area contributed by atoms with Crippen molar-refractivity contribution in [1.82, 2.24) is 9.78 Å². The first-order chi connectivity index (χ1) is 8.97. The Morgan fingerprint density at radius 1 is 1.42 bits per heavy atom. The Bertz CT molecular complexity index is 602. The minimum atomic E-state index is -0.559. The predicted molar refractivity (Wildman–Crippen MR) is 73.0 cm³/mol. The van der Waals surface area contributed by atoms with E-state index >= 15 is 0 Å². The molecule has 5 nitrogen and oxygen atoms in total. The Morgan fingerprint density at radius 2 is 2.16 bits per heavy atom. The van der Waals surface area contributed by atoms with Crippen LogP contribution in [0.15, 0.2) is 30.3 Å². The molecule has 19 heavy (non-hydrogen) atoms. The molecule has 0 fully saturated rings. The molecule has 5 heteroatoms. The molecule has 0 spiro atoms. The van der Waals surface area contributed by atoms with E-state index in [0.717, 1.165) is 11.3 Å². The third kappa shape index (κ3) is 3.00. The molecule has 0 aliphatic rings. The van der Waals surface area contributed by atoms with Crippen LogP contribution in [0.2, 0.25) is 0 Å². The first kappa shape index (κ1) is 13.3. The van der Waals surface area contributed by atoms with Crippen molar-refractivity contribution >= 4 is 11.6 Å². The van der Waals surface area contributed by atoms with Crippen LogP contribution < -0.4 is 5.32 Å². The van der Waals surface area contributed by atoms with Crippen molar-refractivity contribution in [3.8, 4) is 0 Å². The molecule has 1 aromatic carbocycles. The second-order valence-corrected chi connectivity index (χ2v) is 4.55. The van der Waals surface area contributed by atoms with Gasteiger partial charge in [-0.3, -0.25) is 9.48 Å². The molecule has 0 saturated heterocycles. The molecule has 1 heterocycles. The van der Waals surface area contributed by atoms with E-state index in [-0.39, 0.29) is 5.91 Å². The van der Waals surface area contributed by atoms with Crippen molar-refractivity contribution in [2.24, 2.45) is 7.05 Å². The Hall–Kier alpha value is -2.14. The molecule has 0 bridgehead atoms. The van der Waals surface area contributed by atoms with Crippen LogP contribution in [0.5, 0.6) is 0 Å². The number of anilines is 1. The van der Waals surface area contributed by atoms with Crippen molar-refractivity contribution in [1.29, 1.82) is 0 Å². The van der Waals surface area contributed by atoms with Gasteiger partial charge in [-0.2, -0.15) is 5.10 Å². The number of rotatable bonds is 3. The number of aliphatic hydroxyl groups is 1. The monoisotopic (exact) mass is 259 g/mol. The van der Waals surface area contributed by atoms with Crippen LogP contribution >= 0.6 is 0 Å². The molecule has 1 amide bonds. The maximum absolute atomic E-state index is 12.1. The normalized spacial score (nSPS) is 12.2. The zero-order valence-electron chi connectivity index (χ0n) is 11.2. The van der Waals surface area contributed by atoms with Gasteiger partial charge in [0.1, 0.15) is 5.69 Å². The van der Waals surface area contributed by atoms with Gasteiger partial charge in [0.2, 0.25) is 0 Å². The third-order valence-corrected chi connectivity index (χ3v) is 2.86. The highest BCUT2D eigenvalue weighted by atomic mass is 16.3. The van der Waals surface area contributed by atoms with Crippen LogP contribution in [0, 0.1) is 6.92 Å². The number of benzene rings is 1. The first-order valence-electron chi connectivity index (χ1n) is 6.07. The lowest BCUT2D eigenvalue weighted by Crippen LogP contribution is -2.16. The smallest absolute Gasteiger partial charge is 0.273 e. The molecule has 0 aliphatic carbocycles. The van der Waals surface area contributed by atoms with E-state index in [2.05, 4.69) is 10.4 Å². The predicted octanol–water partition coefficient (Wildman–Crippen LogP) is 2.03. The molecule has 0 saturated carbocycles. The van der Waals surface area contributed by atoms with Crippen molar-refractivity contribution < 1.29 is 9.90 Å². The van der Waals surface area contributed by atoms with E-state index in [0.29, 0.717) is 11.4 Å². The van der Waals surface area contributed by atoms with Gasteiger partial charge in [0.15, 0.2) is 0 Å². The van der Waals surface area contributed by atoms with Gasteiger partial charge in [0.25, 0.3) is 5.91 Å². The molecule has 1 unspecified atom stereocenters. The zero-order valence-corrected chi connectivity index (χ0v) is 11.2. The van der Waals surface area contributed by atoms with E-state index in [1.54, 1.807) is 42.9 Å². The highest BCUT2D eigenvalue weighted by molar-refractivity contribution is 6.03. The number of carbonyl (C=O) groups is 1. The van der Waals surface area contributed by atoms with Crippen LogP contribution in [0.3, 0.4) is 0 Å². The summed E-state index contributed by atoms with van der Waals surface area (Å²) in [6.45, 7) is 3.52. The average molecular weight is 259 g/mol. The minimum Gasteiger partial charge on any atom is -0.389 e. The van der Waals surface area contributed by atoms with E-state index in [4.69, 9.17) is 0 Å². The van der Waals surface area contributed by atoms with Gasteiger partial charge >= 0.3 is 0 Å². The second-order valence-electron chi connectivity index (χ2n) is 4.55. The Kier molecular flexibility index (Phi) is 3.66. The van der Waals surface area contributed by atoms with Gasteiger partial charge in [-0.25, -0.2) is 0 Å². The largest absolute Gasteiger partial charge is 0.389 e. The van der Waals surface area contributed by atoms with E-state index in [9.17, 15) is 9.90 Å². The summed E-state index contributed by atoms with van der Waals surface area (Å²) in [4.78, 5) is 12.1. The lowest BCUT2D eigenvalue weighted by atomic mass is 10.1. The number of hydrogen-bond acceptors (Lipinski definition) is 3. The quantitative estimate of drug-likeness (QED) is 0.886. The summed E-state index contributed by atoms with van der Waals surface area (Å²) < 4.78 is 1.54. The molecular weight excluding hydrogens is 242 g/mol. The van der Waals surface area contributed by atoms with E-state index < -0.39 is 6.10 Å². The number of hydrogen-bond donors (Lipinski definition) is 2. The number of amides is 1. The van der Waals surface area contributed by atoms with E-state index in [1.165, 1.54) is 0 Å². The summed E-state index contributed by atoms with van der Waals surface area (Å²) in [5.74, 6) is -0.217. The van der Waals surface area contributed by atoms with Crippen LogP contribution in [0.4, 0.5) is 5.69 Å². The molecule has 0 radical (unpaired) electrons. The fourth-order valence-electron chi connectivity index (χ4n) is 1.89. The summed E-state index contributed by atoms with van der Waals surface area (Å²) >= 11 is 0. The highest BCUT2D eigenvalue weighted by Gasteiger charge is 2.12. The third-order valence-electron chi connectivity index (χ3n) is 2.86. The molecule has 1 atom stereocenters. The number of aryl methyl sites for hydroxylation is 2. The highest BCUT2D eigenvalue weighted by Crippen LogP contribution is 2.17. The fraction of sp³-hybridized carbons (Fsp3) is 0.286. The summed E-state index contributed by atoms with van der Waals surface area (Å²) in [7, 11) is 1.73. The number of aliphatic hydroxyl groups excluding tert-OH is 1. The lowest BCUT2D eigenvalue weighted by molar-refractivity contribution is 0.101. The maximum Gasteiger partial charge on any atom is 0.273 e. The lowest BCUT2D eigenvalue weighted by Gasteiger charge is -2.09. The summed E-state index contributed by atoms with van der Waals surface area (Å²) in [6, 6.07) is 8.88. The number of carbonyl (C=O) groups excluding carboxylic acids is 1. The second kappa shape index (κ2) is 5.24. The van der Waals surface area contributed by atoms with Gasteiger partial charge in [0, 0.05) is 12.7 Å². The SMILES string of the molecule is Cc1cc(C(=O)Nc2cccc(C(C)O)c2)n(C)n1. The molecule has 1 aromatic heterocycles. The Morgan fingerprint density at radius 3 is 2.74 bits per heavy atom. The van der Waals surface area contributed by atoms with Crippen LogP contribution in [-0.4, -0.2) is 20.8 Å². The van der Waals surface area contributed by atoms with Gasteiger partial charge in [-0.05, 0) is 37.6 Å². The number of nitrogens with zero attached hydrogens (tertiary/aromatic N) is 2. The summed E-state index contributed by atoms with van der Waals surface area (Å²) in [6.07, 6.45) is -0.559. The van der Waals surface area contributed by atoms with Crippen LogP contribution in [0.25, 0.3) is 0 Å². The van der Waals surface area contributed by atoms with Crippen molar-refractivity contribution in [2.75, 3.05) is 5.32 Å². The van der Waals surface area contributed by atoms with Gasteiger partial charge in [-0.1, -0.05) is 12.1 Å². The Labute approximate surface area is 111 Å². The molecular formula is C14H17N3O2. The Balaban J connectivity index is 2.19. The maximum atomic E-state index is 12.1. The molecule has 2 rings (SSSR count). The summed E-state index contributed by atoms with van der Waals surface area (Å²) in [5.41, 5.74) is 2.71. The van der Waals surface area contributed by atoms with Crippen molar-refractivity contribution in [3.05, 3.63) is 47.3 Å². The van der Waals surface area contributed by atoms with Crippen LogP contribution in [0.1, 0.15) is 34.8 Å². The number of aromatic nitrogens is 2. The molecule has 100 valence electrons.